The van der Waals surface area contributed by atoms with Crippen LogP contribution in [0.4, 0.5) is 5.69 Å². The molecular formula is C27H36N4O4. The molecular weight excluding hydrogens is 444 g/mol. The van der Waals surface area contributed by atoms with Crippen LogP contribution in [0.1, 0.15) is 69.2 Å². The van der Waals surface area contributed by atoms with E-state index in [2.05, 4.69) is 43.3 Å². The maximum absolute atomic E-state index is 13.3. The highest BCUT2D eigenvalue weighted by molar-refractivity contribution is 6.04. The van der Waals surface area contributed by atoms with Crippen LogP contribution in [0.3, 0.4) is 0 Å². The van der Waals surface area contributed by atoms with E-state index in [0.29, 0.717) is 34.3 Å². The third kappa shape index (κ3) is 5.93. The molecule has 1 heterocycles. The predicted molar refractivity (Wildman–Crippen MR) is 137 cm³/mol. The van der Waals surface area contributed by atoms with Crippen molar-refractivity contribution in [3.8, 4) is 22.9 Å². The number of carbonyl (C=O) groups is 1. The van der Waals surface area contributed by atoms with Crippen molar-refractivity contribution >= 4 is 11.6 Å². The van der Waals surface area contributed by atoms with Crippen LogP contribution in [-0.4, -0.2) is 41.2 Å². The van der Waals surface area contributed by atoms with Crippen molar-refractivity contribution in [1.29, 1.82) is 0 Å². The third-order valence-corrected chi connectivity index (χ3v) is 5.84. The van der Waals surface area contributed by atoms with Crippen molar-refractivity contribution in [2.75, 3.05) is 19.5 Å². The number of amides is 1. The minimum Gasteiger partial charge on any atom is -0.497 e. The zero-order chi connectivity index (χ0) is 25.8. The molecule has 1 aromatic heterocycles. The van der Waals surface area contributed by atoms with Gasteiger partial charge in [-0.05, 0) is 55.5 Å². The monoisotopic (exact) mass is 480 g/mol. The molecule has 0 spiro atoms. The molecule has 0 aliphatic carbocycles. The second-order valence-corrected chi connectivity index (χ2v) is 9.61. The number of anilines is 1. The van der Waals surface area contributed by atoms with Crippen molar-refractivity contribution in [2.45, 2.75) is 65.9 Å². The summed E-state index contributed by atoms with van der Waals surface area (Å²) in [7, 11) is 3.17. The van der Waals surface area contributed by atoms with Crippen molar-refractivity contribution in [3.63, 3.8) is 0 Å². The van der Waals surface area contributed by atoms with E-state index in [1.165, 1.54) is 0 Å². The van der Waals surface area contributed by atoms with Gasteiger partial charge in [-0.3, -0.25) is 4.79 Å². The van der Waals surface area contributed by atoms with E-state index in [1.807, 2.05) is 25.1 Å². The molecule has 0 saturated heterocycles. The van der Waals surface area contributed by atoms with E-state index < -0.39 is 0 Å². The maximum Gasteiger partial charge on any atom is 0.278 e. The Kier molecular flexibility index (Phi) is 8.04. The first-order chi connectivity index (χ1) is 16.6. The molecule has 2 aromatic carbocycles. The fraction of sp³-hybridized carbons (Fsp3) is 0.444. The lowest BCUT2D eigenvalue weighted by molar-refractivity contribution is 0.102. The first-order valence-electron chi connectivity index (χ1n) is 11.9. The van der Waals surface area contributed by atoms with Gasteiger partial charge in [0.2, 0.25) is 0 Å². The molecule has 8 nitrogen and oxygen atoms in total. The highest BCUT2D eigenvalue weighted by Crippen LogP contribution is 2.33. The standard InChI is InChI=1S/C27H36N4O4/c1-9-10-17(2)35-23-13-11-19(27(4,5)6)15-21(23)28-26(32)25-18(3)31(30-29-25)22-16-20(33-7)12-14-24(22)34-8/h11-17H,9-10H2,1-8H3,(H,28,32)/t17-/m0/s1. The van der Waals surface area contributed by atoms with Gasteiger partial charge in [0.15, 0.2) is 5.69 Å². The fourth-order valence-corrected chi connectivity index (χ4v) is 3.79. The molecule has 1 atom stereocenters. The van der Waals surface area contributed by atoms with Gasteiger partial charge in [-0.15, -0.1) is 5.10 Å². The van der Waals surface area contributed by atoms with Gasteiger partial charge in [0.25, 0.3) is 5.91 Å². The lowest BCUT2D eigenvalue weighted by atomic mass is 9.87. The summed E-state index contributed by atoms with van der Waals surface area (Å²) in [6.45, 7) is 12.3. The van der Waals surface area contributed by atoms with Gasteiger partial charge in [-0.1, -0.05) is 45.4 Å². The van der Waals surface area contributed by atoms with Crippen LogP contribution in [0.5, 0.6) is 17.2 Å². The van der Waals surface area contributed by atoms with E-state index in [0.717, 1.165) is 18.4 Å². The minimum absolute atomic E-state index is 0.0271. The first-order valence-corrected chi connectivity index (χ1v) is 11.9. The normalized spacial score (nSPS) is 12.2. The topological polar surface area (TPSA) is 87.5 Å². The Balaban J connectivity index is 1.96. The van der Waals surface area contributed by atoms with E-state index in [1.54, 1.807) is 44.0 Å². The zero-order valence-electron chi connectivity index (χ0n) is 21.9. The first kappa shape index (κ1) is 26.1. The van der Waals surface area contributed by atoms with Gasteiger partial charge in [0, 0.05) is 6.07 Å². The Morgan fingerprint density at radius 1 is 1.09 bits per heavy atom. The molecule has 188 valence electrons. The number of carbonyl (C=O) groups excluding carboxylic acids is 1. The molecule has 1 N–H and O–H groups in total. The molecule has 35 heavy (non-hydrogen) atoms. The van der Waals surface area contributed by atoms with Crippen LogP contribution in [0.25, 0.3) is 5.69 Å². The highest BCUT2D eigenvalue weighted by atomic mass is 16.5. The lowest BCUT2D eigenvalue weighted by Gasteiger charge is -2.23. The van der Waals surface area contributed by atoms with Gasteiger partial charge in [-0.25, -0.2) is 4.68 Å². The summed E-state index contributed by atoms with van der Waals surface area (Å²) in [5.41, 5.74) is 3.02. The summed E-state index contributed by atoms with van der Waals surface area (Å²) in [5.74, 6) is 1.49. The molecule has 0 radical (unpaired) electrons. The lowest BCUT2D eigenvalue weighted by Crippen LogP contribution is -2.19. The number of nitrogens with zero attached hydrogens (tertiary/aromatic N) is 3. The predicted octanol–water partition coefficient (Wildman–Crippen LogP) is 5.71. The summed E-state index contributed by atoms with van der Waals surface area (Å²) in [4.78, 5) is 13.3. The number of rotatable bonds is 9. The van der Waals surface area contributed by atoms with Crippen LogP contribution < -0.4 is 19.5 Å². The van der Waals surface area contributed by atoms with Crippen molar-refractivity contribution in [2.24, 2.45) is 0 Å². The second-order valence-electron chi connectivity index (χ2n) is 9.61. The molecule has 0 unspecified atom stereocenters. The van der Waals surface area contributed by atoms with E-state index in [9.17, 15) is 4.79 Å². The second kappa shape index (κ2) is 10.8. The third-order valence-electron chi connectivity index (χ3n) is 5.84. The average molecular weight is 481 g/mol. The minimum atomic E-state index is -0.366. The number of hydrogen-bond donors (Lipinski definition) is 1. The van der Waals surface area contributed by atoms with Gasteiger partial charge in [0.1, 0.15) is 22.9 Å². The summed E-state index contributed by atoms with van der Waals surface area (Å²) in [5, 5.41) is 11.4. The summed E-state index contributed by atoms with van der Waals surface area (Å²) < 4.78 is 18.6. The Hall–Kier alpha value is -3.55. The highest BCUT2D eigenvalue weighted by Gasteiger charge is 2.23. The number of nitrogens with one attached hydrogen (secondary N) is 1. The number of benzene rings is 2. The Morgan fingerprint density at radius 2 is 1.80 bits per heavy atom. The summed E-state index contributed by atoms with van der Waals surface area (Å²) in [6, 6.07) is 11.3. The molecule has 0 bridgehead atoms. The van der Waals surface area contributed by atoms with Crippen molar-refractivity contribution < 1.29 is 19.0 Å². The SMILES string of the molecule is CCC[C@H](C)Oc1ccc(C(C)(C)C)cc1NC(=O)c1nnn(-c2cc(OC)ccc2OC)c1C. The molecule has 0 aliphatic heterocycles. The van der Waals surface area contributed by atoms with Crippen LogP contribution in [0.2, 0.25) is 0 Å². The molecule has 0 saturated carbocycles. The van der Waals surface area contributed by atoms with Gasteiger partial charge in [-0.2, -0.15) is 0 Å². The Labute approximate surface area is 207 Å². The summed E-state index contributed by atoms with van der Waals surface area (Å²) >= 11 is 0. The maximum atomic E-state index is 13.3. The number of methoxy groups -OCH3 is 2. The number of hydrogen-bond acceptors (Lipinski definition) is 6. The number of ether oxygens (including phenoxy) is 3. The number of aromatic nitrogens is 3. The van der Waals surface area contributed by atoms with Crippen LogP contribution in [-0.2, 0) is 5.41 Å². The molecule has 3 aromatic rings. The summed E-state index contributed by atoms with van der Waals surface area (Å²) in [6.07, 6.45) is 1.96. The van der Waals surface area contributed by atoms with Crippen molar-refractivity contribution in [3.05, 3.63) is 53.3 Å². The van der Waals surface area contributed by atoms with Crippen molar-refractivity contribution in [1.82, 2.24) is 15.0 Å². The largest absolute Gasteiger partial charge is 0.497 e. The molecule has 3 rings (SSSR count). The van der Waals surface area contributed by atoms with Gasteiger partial charge in [0.05, 0.1) is 31.7 Å². The fourth-order valence-electron chi connectivity index (χ4n) is 3.79. The molecule has 1 amide bonds. The molecule has 0 aliphatic rings. The molecule has 8 heteroatoms. The smallest absolute Gasteiger partial charge is 0.278 e. The van der Waals surface area contributed by atoms with Gasteiger partial charge >= 0.3 is 0 Å². The average Bonchev–Trinajstić information content (AvgIpc) is 3.20. The quantitative estimate of drug-likeness (QED) is 0.422. The zero-order valence-corrected chi connectivity index (χ0v) is 21.9. The van der Waals surface area contributed by atoms with E-state index in [-0.39, 0.29) is 23.1 Å². The van der Waals surface area contributed by atoms with Crippen LogP contribution in [0, 0.1) is 6.92 Å². The van der Waals surface area contributed by atoms with E-state index >= 15 is 0 Å². The Bertz CT molecular complexity index is 1180. The van der Waals surface area contributed by atoms with Crippen LogP contribution >= 0.6 is 0 Å². The Morgan fingerprint density at radius 3 is 2.43 bits per heavy atom. The van der Waals surface area contributed by atoms with E-state index in [4.69, 9.17) is 14.2 Å². The van der Waals surface area contributed by atoms with Gasteiger partial charge < -0.3 is 19.5 Å². The van der Waals surface area contributed by atoms with Crippen LogP contribution in [0.15, 0.2) is 36.4 Å². The molecule has 0 fully saturated rings.